The molecule has 0 aliphatic heterocycles. The van der Waals surface area contributed by atoms with Gasteiger partial charge in [0, 0.05) is 30.0 Å². The molecule has 5 aromatic carbocycles. The Morgan fingerprint density at radius 2 is 1.20 bits per heavy atom. The van der Waals surface area contributed by atoms with Gasteiger partial charge in [0.25, 0.3) is 0 Å². The highest BCUT2D eigenvalue weighted by molar-refractivity contribution is 7.48. The van der Waals surface area contributed by atoms with Crippen LogP contribution in [-0.4, -0.2) is 0 Å². The van der Waals surface area contributed by atoms with E-state index in [-0.39, 0.29) is 0 Å². The first kappa shape index (κ1) is 32.5. The zero-order valence-corrected chi connectivity index (χ0v) is 28.6. The molecule has 3 heteroatoms. The number of hydrogen-bond donors (Lipinski definition) is 0. The van der Waals surface area contributed by atoms with Crippen molar-refractivity contribution in [2.24, 2.45) is 0 Å². The van der Waals surface area contributed by atoms with Crippen LogP contribution in [-0.2, 0) is 19.7 Å². The van der Waals surface area contributed by atoms with E-state index in [0.717, 1.165) is 31.7 Å². The molecular formula is C42H48NOP. The molecule has 0 heterocycles. The van der Waals surface area contributed by atoms with Gasteiger partial charge in [0.15, 0.2) is 0 Å². The third-order valence-electron chi connectivity index (χ3n) is 8.79. The van der Waals surface area contributed by atoms with E-state index < -0.39 is 0 Å². The van der Waals surface area contributed by atoms with Crippen LogP contribution >= 0.6 is 8.58 Å². The van der Waals surface area contributed by atoms with Gasteiger partial charge in [-0.3, -0.25) is 0 Å². The van der Waals surface area contributed by atoms with E-state index in [0.29, 0.717) is 26.8 Å². The number of nitrogens with zero attached hydrogens (tertiary/aromatic N) is 1. The number of rotatable bonds is 14. The highest BCUT2D eigenvalue weighted by Crippen LogP contribution is 2.47. The van der Waals surface area contributed by atoms with Crippen LogP contribution in [0.4, 0.5) is 5.69 Å². The first-order valence-corrected chi connectivity index (χ1v) is 17.5. The third kappa shape index (κ3) is 8.44. The van der Waals surface area contributed by atoms with Crippen molar-refractivity contribution in [2.45, 2.75) is 78.7 Å². The molecule has 0 saturated carbocycles. The van der Waals surface area contributed by atoms with Crippen molar-refractivity contribution >= 4 is 19.6 Å². The lowest BCUT2D eigenvalue weighted by atomic mass is 9.92. The van der Waals surface area contributed by atoms with E-state index in [1.54, 1.807) is 0 Å². The van der Waals surface area contributed by atoms with Crippen molar-refractivity contribution < 1.29 is 4.74 Å². The van der Waals surface area contributed by atoms with Gasteiger partial charge in [-0.1, -0.05) is 150 Å². The number of aryl methyl sites for hydroxylation is 2. The van der Waals surface area contributed by atoms with Crippen molar-refractivity contribution in [1.29, 1.82) is 0 Å². The second kappa shape index (κ2) is 15.9. The first-order valence-electron chi connectivity index (χ1n) is 16.5. The summed E-state index contributed by atoms with van der Waals surface area (Å²) < 4.78 is 6.81. The fourth-order valence-electron chi connectivity index (χ4n) is 6.08. The predicted molar refractivity (Wildman–Crippen MR) is 196 cm³/mol. The molecule has 2 nitrogen and oxygen atoms in total. The minimum absolute atomic E-state index is 0.355. The van der Waals surface area contributed by atoms with Gasteiger partial charge in [-0.15, -0.1) is 0 Å². The van der Waals surface area contributed by atoms with Crippen LogP contribution in [0, 0.1) is 13.8 Å². The van der Waals surface area contributed by atoms with Crippen molar-refractivity contribution in [1.82, 2.24) is 0 Å². The number of hydrogen-bond acceptors (Lipinski definition) is 2. The maximum atomic E-state index is 6.81. The van der Waals surface area contributed by atoms with Crippen LogP contribution in [0.5, 0.6) is 5.75 Å². The summed E-state index contributed by atoms with van der Waals surface area (Å²) in [6, 6.07) is 43.9. The lowest BCUT2D eigenvalue weighted by Crippen LogP contribution is -2.27. The average molecular weight is 614 g/mol. The van der Waals surface area contributed by atoms with Crippen molar-refractivity contribution in [2.75, 3.05) is 4.90 Å². The Balaban J connectivity index is 1.55. The average Bonchev–Trinajstić information content (AvgIpc) is 3.07. The monoisotopic (exact) mass is 613 g/mol. The Labute approximate surface area is 273 Å². The molecule has 0 aromatic heterocycles. The molecule has 45 heavy (non-hydrogen) atoms. The van der Waals surface area contributed by atoms with E-state index in [1.165, 1.54) is 49.9 Å². The number of benzene rings is 5. The Bertz CT molecular complexity index is 1590. The highest BCUT2D eigenvalue weighted by atomic mass is 31.1. The van der Waals surface area contributed by atoms with Gasteiger partial charge in [0.1, 0.15) is 12.4 Å². The van der Waals surface area contributed by atoms with Gasteiger partial charge in [0.05, 0.1) is 0 Å². The zero-order chi connectivity index (χ0) is 31.6. The summed E-state index contributed by atoms with van der Waals surface area (Å²) in [5, 5.41) is 1.46. The van der Waals surface area contributed by atoms with Crippen molar-refractivity contribution in [3.63, 3.8) is 0 Å². The van der Waals surface area contributed by atoms with Crippen LogP contribution in [0.3, 0.4) is 0 Å². The van der Waals surface area contributed by atoms with E-state index >= 15 is 0 Å². The van der Waals surface area contributed by atoms with Gasteiger partial charge in [0.2, 0.25) is 0 Å². The van der Waals surface area contributed by atoms with Gasteiger partial charge in [-0.05, 0) is 71.8 Å². The molecule has 0 aliphatic rings. The largest absolute Gasteiger partial charge is 0.488 e. The Morgan fingerprint density at radius 1 is 0.644 bits per heavy atom. The molecule has 5 aromatic rings. The summed E-state index contributed by atoms with van der Waals surface area (Å²) in [7, 11) is 0.618. The quantitative estimate of drug-likeness (QED) is 0.116. The molecule has 0 spiro atoms. The minimum Gasteiger partial charge on any atom is -0.488 e. The summed E-state index contributed by atoms with van der Waals surface area (Å²) in [6.45, 7) is 13.8. The van der Waals surface area contributed by atoms with Crippen LogP contribution in [0.25, 0.3) is 0 Å². The smallest absolute Gasteiger partial charge is 0.127 e. The molecule has 0 N–H and O–H groups in total. The van der Waals surface area contributed by atoms with Crippen molar-refractivity contribution in [3.8, 4) is 5.75 Å². The fourth-order valence-corrected chi connectivity index (χ4v) is 7.71. The number of ether oxygens (including phenoxy) is 1. The molecule has 5 rings (SSSR count). The summed E-state index contributed by atoms with van der Waals surface area (Å²) >= 11 is 0. The predicted octanol–water partition coefficient (Wildman–Crippen LogP) is 11.1. The molecule has 3 unspecified atom stereocenters. The highest BCUT2D eigenvalue weighted by Gasteiger charge is 2.24. The Kier molecular flexibility index (Phi) is 11.5. The molecule has 0 radical (unpaired) electrons. The summed E-state index contributed by atoms with van der Waals surface area (Å²) in [4.78, 5) is 2.57. The topological polar surface area (TPSA) is 12.5 Å². The molecule has 0 amide bonds. The summed E-state index contributed by atoms with van der Waals surface area (Å²) in [5.41, 5.74) is 10.9. The molecule has 0 bridgehead atoms. The van der Waals surface area contributed by atoms with Gasteiger partial charge in [-0.25, -0.2) is 0 Å². The molecule has 0 aliphatic carbocycles. The minimum atomic E-state index is 0.355. The van der Waals surface area contributed by atoms with Crippen LogP contribution in [0.1, 0.15) is 84.1 Å². The molecule has 3 atom stereocenters. The second-order valence-corrected chi connectivity index (χ2v) is 13.7. The maximum absolute atomic E-state index is 6.81. The number of anilines is 1. The third-order valence-corrected chi connectivity index (χ3v) is 10.8. The first-order chi connectivity index (χ1) is 22.0. The normalized spacial score (nSPS) is 12.7. The van der Waals surface area contributed by atoms with Crippen LogP contribution in [0.15, 0.2) is 121 Å². The Hall–Kier alpha value is -3.87. The Morgan fingerprint density at radius 3 is 1.76 bits per heavy atom. The van der Waals surface area contributed by atoms with Crippen LogP contribution in [0.2, 0.25) is 0 Å². The SMILES string of the molecule is CCC(C)c1cc(C)cc(C(CC)Pc2c(C)cccc2N(Cc2ccccc2)Cc2ccccc2)c1OCc1ccccc1. The summed E-state index contributed by atoms with van der Waals surface area (Å²) in [6.07, 6.45) is 2.13. The van der Waals surface area contributed by atoms with E-state index in [4.69, 9.17) is 4.74 Å². The second-order valence-electron chi connectivity index (χ2n) is 12.3. The summed E-state index contributed by atoms with van der Waals surface area (Å²) in [5.74, 6) is 1.52. The molecule has 232 valence electrons. The maximum Gasteiger partial charge on any atom is 0.127 e. The van der Waals surface area contributed by atoms with Gasteiger partial charge < -0.3 is 9.64 Å². The molecular weight excluding hydrogens is 565 g/mol. The lowest BCUT2D eigenvalue weighted by Gasteiger charge is -2.31. The van der Waals surface area contributed by atoms with E-state index in [9.17, 15) is 0 Å². The fraction of sp³-hybridized carbons (Fsp3) is 0.286. The van der Waals surface area contributed by atoms with Gasteiger partial charge >= 0.3 is 0 Å². The van der Waals surface area contributed by atoms with Gasteiger partial charge in [-0.2, -0.15) is 0 Å². The van der Waals surface area contributed by atoms with Crippen LogP contribution < -0.4 is 14.9 Å². The van der Waals surface area contributed by atoms with E-state index in [2.05, 4.69) is 161 Å². The van der Waals surface area contributed by atoms with E-state index in [1.807, 2.05) is 0 Å². The lowest BCUT2D eigenvalue weighted by molar-refractivity contribution is 0.297. The molecule has 0 fully saturated rings. The standard InChI is InChI=1S/C42H48NOP/c1-6-32(4)37-26-31(3)27-38(41(37)44-30-36-23-15-10-16-24-36)40(7-2)45-42-33(5)18-17-25-39(42)43(28-34-19-11-8-12-20-34)29-35-21-13-9-14-22-35/h8-27,32,40,45H,6-7,28-30H2,1-5H3. The van der Waals surface area contributed by atoms with Crippen molar-refractivity contribution in [3.05, 3.63) is 160 Å². The zero-order valence-electron chi connectivity index (χ0n) is 27.6. The molecule has 0 saturated heterocycles.